The van der Waals surface area contributed by atoms with Crippen LogP contribution in [-0.2, 0) is 0 Å². The van der Waals surface area contributed by atoms with Crippen LogP contribution >= 0.6 is 0 Å². The third kappa shape index (κ3) is 1.76. The standard InChI is InChI=1S/C13H14N2O2/c14-8-11(15-5-1-2-6-15)10-3-4-12-13(7-10)17-9-16-12/h1-7,11H,8-9,14H2. The molecule has 0 spiro atoms. The molecule has 1 aliphatic heterocycles. The second kappa shape index (κ2) is 4.14. The first-order valence-electron chi connectivity index (χ1n) is 5.60. The van der Waals surface area contributed by atoms with E-state index in [0.717, 1.165) is 17.1 Å². The predicted octanol–water partition coefficient (Wildman–Crippen LogP) is 1.76. The SMILES string of the molecule is NCC(c1ccc2c(c1)OCO2)n1cccc1. The number of benzene rings is 1. The van der Waals surface area contributed by atoms with E-state index in [-0.39, 0.29) is 6.04 Å². The first-order chi connectivity index (χ1) is 8.38. The van der Waals surface area contributed by atoms with Crippen molar-refractivity contribution in [3.8, 4) is 11.5 Å². The third-order valence-corrected chi connectivity index (χ3v) is 2.99. The van der Waals surface area contributed by atoms with Crippen molar-refractivity contribution in [1.29, 1.82) is 0 Å². The van der Waals surface area contributed by atoms with Crippen LogP contribution in [0.5, 0.6) is 11.5 Å². The minimum absolute atomic E-state index is 0.138. The van der Waals surface area contributed by atoms with Gasteiger partial charge in [0.25, 0.3) is 0 Å². The molecule has 3 rings (SSSR count). The number of rotatable bonds is 3. The van der Waals surface area contributed by atoms with Crippen molar-refractivity contribution in [3.05, 3.63) is 48.3 Å². The Morgan fingerprint density at radius 2 is 1.94 bits per heavy atom. The first kappa shape index (κ1) is 10.2. The summed E-state index contributed by atoms with van der Waals surface area (Å²) in [6.45, 7) is 0.851. The van der Waals surface area contributed by atoms with E-state index in [9.17, 15) is 0 Å². The van der Waals surface area contributed by atoms with Crippen LogP contribution in [0.3, 0.4) is 0 Å². The van der Waals surface area contributed by atoms with Gasteiger partial charge in [-0.1, -0.05) is 6.07 Å². The first-order valence-corrected chi connectivity index (χ1v) is 5.60. The summed E-state index contributed by atoms with van der Waals surface area (Å²) >= 11 is 0. The van der Waals surface area contributed by atoms with Crippen molar-refractivity contribution in [3.63, 3.8) is 0 Å². The van der Waals surface area contributed by atoms with E-state index >= 15 is 0 Å². The third-order valence-electron chi connectivity index (χ3n) is 2.99. The van der Waals surface area contributed by atoms with Gasteiger partial charge in [0.15, 0.2) is 11.5 Å². The average molecular weight is 230 g/mol. The summed E-state index contributed by atoms with van der Waals surface area (Å²) in [5, 5.41) is 0. The molecule has 1 atom stereocenters. The highest BCUT2D eigenvalue weighted by molar-refractivity contribution is 5.45. The lowest BCUT2D eigenvalue weighted by Gasteiger charge is -2.17. The van der Waals surface area contributed by atoms with Gasteiger partial charge in [-0.05, 0) is 29.8 Å². The van der Waals surface area contributed by atoms with Gasteiger partial charge in [0, 0.05) is 18.9 Å². The molecule has 0 aliphatic carbocycles. The van der Waals surface area contributed by atoms with Crippen LogP contribution in [0.25, 0.3) is 0 Å². The molecule has 1 aromatic heterocycles. The van der Waals surface area contributed by atoms with Crippen molar-refractivity contribution in [2.24, 2.45) is 5.73 Å². The van der Waals surface area contributed by atoms with E-state index < -0.39 is 0 Å². The second-order valence-corrected chi connectivity index (χ2v) is 3.99. The van der Waals surface area contributed by atoms with E-state index in [1.54, 1.807) is 0 Å². The quantitative estimate of drug-likeness (QED) is 0.874. The number of ether oxygens (including phenoxy) is 2. The van der Waals surface area contributed by atoms with Gasteiger partial charge in [0.2, 0.25) is 6.79 Å². The van der Waals surface area contributed by atoms with E-state index in [1.165, 1.54) is 0 Å². The van der Waals surface area contributed by atoms with Gasteiger partial charge >= 0.3 is 0 Å². The highest BCUT2D eigenvalue weighted by Crippen LogP contribution is 2.34. The minimum Gasteiger partial charge on any atom is -0.454 e. The molecule has 0 bridgehead atoms. The molecule has 4 heteroatoms. The van der Waals surface area contributed by atoms with Gasteiger partial charge < -0.3 is 19.8 Å². The molecular weight excluding hydrogens is 216 g/mol. The molecule has 4 nitrogen and oxygen atoms in total. The van der Waals surface area contributed by atoms with Crippen molar-refractivity contribution in [2.75, 3.05) is 13.3 Å². The summed E-state index contributed by atoms with van der Waals surface area (Å²) in [4.78, 5) is 0. The highest BCUT2D eigenvalue weighted by Gasteiger charge is 2.17. The monoisotopic (exact) mass is 230 g/mol. The topological polar surface area (TPSA) is 49.4 Å². The van der Waals surface area contributed by atoms with Gasteiger partial charge in [-0.25, -0.2) is 0 Å². The Hall–Kier alpha value is -1.94. The number of hydrogen-bond acceptors (Lipinski definition) is 3. The molecule has 0 saturated carbocycles. The molecule has 0 radical (unpaired) electrons. The number of hydrogen-bond donors (Lipinski definition) is 1. The average Bonchev–Trinajstić information content (AvgIpc) is 2.99. The highest BCUT2D eigenvalue weighted by atomic mass is 16.7. The van der Waals surface area contributed by atoms with Crippen LogP contribution in [0.2, 0.25) is 0 Å². The summed E-state index contributed by atoms with van der Waals surface area (Å²) in [7, 11) is 0. The van der Waals surface area contributed by atoms with Gasteiger partial charge in [-0.2, -0.15) is 0 Å². The number of nitrogens with zero attached hydrogens (tertiary/aromatic N) is 1. The summed E-state index contributed by atoms with van der Waals surface area (Å²) in [6.07, 6.45) is 4.03. The molecule has 88 valence electrons. The zero-order chi connectivity index (χ0) is 11.7. The Balaban J connectivity index is 1.97. The summed E-state index contributed by atoms with van der Waals surface area (Å²) in [5.74, 6) is 1.60. The molecule has 0 fully saturated rings. The van der Waals surface area contributed by atoms with Crippen LogP contribution in [-0.4, -0.2) is 17.9 Å². The van der Waals surface area contributed by atoms with Crippen LogP contribution in [0, 0.1) is 0 Å². The molecule has 0 amide bonds. The summed E-state index contributed by atoms with van der Waals surface area (Å²) in [5.41, 5.74) is 6.98. The Bertz CT molecular complexity index is 508. The van der Waals surface area contributed by atoms with Crippen molar-refractivity contribution in [1.82, 2.24) is 4.57 Å². The molecule has 1 aliphatic rings. The summed E-state index contributed by atoms with van der Waals surface area (Å²) < 4.78 is 12.8. The Kier molecular flexibility index (Phi) is 2.49. The number of nitrogens with two attached hydrogens (primary N) is 1. The van der Waals surface area contributed by atoms with Crippen LogP contribution in [0.15, 0.2) is 42.7 Å². The molecule has 2 heterocycles. The Labute approximate surface area is 99.6 Å². The normalized spacial score (nSPS) is 14.9. The summed E-state index contributed by atoms with van der Waals surface area (Å²) in [6, 6.07) is 10.1. The van der Waals surface area contributed by atoms with E-state index in [4.69, 9.17) is 15.2 Å². The van der Waals surface area contributed by atoms with Crippen LogP contribution in [0.4, 0.5) is 0 Å². The molecule has 2 aromatic rings. The van der Waals surface area contributed by atoms with Gasteiger partial charge in [0.05, 0.1) is 6.04 Å². The van der Waals surface area contributed by atoms with E-state index in [1.807, 2.05) is 42.7 Å². The fraction of sp³-hybridized carbons (Fsp3) is 0.231. The minimum atomic E-state index is 0.138. The van der Waals surface area contributed by atoms with Crippen LogP contribution < -0.4 is 15.2 Å². The number of fused-ring (bicyclic) bond motifs is 1. The number of aromatic nitrogens is 1. The van der Waals surface area contributed by atoms with Gasteiger partial charge in [-0.3, -0.25) is 0 Å². The maximum atomic E-state index is 5.85. The lowest BCUT2D eigenvalue weighted by atomic mass is 10.1. The molecule has 17 heavy (non-hydrogen) atoms. The largest absolute Gasteiger partial charge is 0.454 e. The van der Waals surface area contributed by atoms with Crippen molar-refractivity contribution < 1.29 is 9.47 Å². The lowest BCUT2D eigenvalue weighted by molar-refractivity contribution is 0.174. The molecular formula is C13H14N2O2. The zero-order valence-electron chi connectivity index (χ0n) is 9.37. The zero-order valence-corrected chi connectivity index (χ0v) is 9.37. The molecule has 1 aromatic carbocycles. The fourth-order valence-corrected chi connectivity index (χ4v) is 2.11. The molecule has 0 saturated heterocycles. The van der Waals surface area contributed by atoms with E-state index in [2.05, 4.69) is 4.57 Å². The van der Waals surface area contributed by atoms with Crippen LogP contribution in [0.1, 0.15) is 11.6 Å². The fourth-order valence-electron chi connectivity index (χ4n) is 2.11. The van der Waals surface area contributed by atoms with Gasteiger partial charge in [-0.15, -0.1) is 0 Å². The lowest BCUT2D eigenvalue weighted by Crippen LogP contribution is -2.19. The van der Waals surface area contributed by atoms with Crippen molar-refractivity contribution in [2.45, 2.75) is 6.04 Å². The molecule has 2 N–H and O–H groups in total. The smallest absolute Gasteiger partial charge is 0.231 e. The van der Waals surface area contributed by atoms with Gasteiger partial charge in [0.1, 0.15) is 0 Å². The Morgan fingerprint density at radius 1 is 1.18 bits per heavy atom. The second-order valence-electron chi connectivity index (χ2n) is 3.99. The van der Waals surface area contributed by atoms with Crippen molar-refractivity contribution >= 4 is 0 Å². The predicted molar refractivity (Wildman–Crippen MR) is 64.2 cm³/mol. The van der Waals surface area contributed by atoms with E-state index in [0.29, 0.717) is 13.3 Å². The maximum Gasteiger partial charge on any atom is 0.231 e. The maximum absolute atomic E-state index is 5.85. The Morgan fingerprint density at radius 3 is 2.71 bits per heavy atom. The molecule has 1 unspecified atom stereocenters.